The SMILES string of the molecule is CC(C)(NC(=O)Cc1ccc(F)cc1F)C(N)=S. The smallest absolute Gasteiger partial charge is 0.225 e. The van der Waals surface area contributed by atoms with Crippen LogP contribution in [0.5, 0.6) is 0 Å². The van der Waals surface area contributed by atoms with E-state index in [0.717, 1.165) is 12.1 Å². The quantitative estimate of drug-likeness (QED) is 0.820. The molecule has 0 saturated carbocycles. The molecule has 0 fully saturated rings. The Morgan fingerprint density at radius 2 is 2.06 bits per heavy atom. The third-order valence-electron chi connectivity index (χ3n) is 2.43. The largest absolute Gasteiger partial charge is 0.391 e. The van der Waals surface area contributed by atoms with E-state index < -0.39 is 23.1 Å². The normalized spacial score (nSPS) is 11.1. The van der Waals surface area contributed by atoms with Crippen LogP contribution in [0.15, 0.2) is 18.2 Å². The summed E-state index contributed by atoms with van der Waals surface area (Å²) in [6.45, 7) is 3.29. The third-order valence-corrected chi connectivity index (χ3v) is 2.94. The topological polar surface area (TPSA) is 55.1 Å². The highest BCUT2D eigenvalue weighted by molar-refractivity contribution is 7.80. The molecule has 0 radical (unpaired) electrons. The molecular formula is C12H14F2N2OS. The number of benzene rings is 1. The second kappa shape index (κ2) is 5.39. The van der Waals surface area contributed by atoms with Gasteiger partial charge in [0.05, 0.1) is 16.9 Å². The lowest BCUT2D eigenvalue weighted by Crippen LogP contribution is -2.52. The zero-order chi connectivity index (χ0) is 13.9. The van der Waals surface area contributed by atoms with Gasteiger partial charge in [-0.05, 0) is 25.5 Å². The zero-order valence-corrected chi connectivity index (χ0v) is 10.9. The van der Waals surface area contributed by atoms with Gasteiger partial charge >= 0.3 is 0 Å². The van der Waals surface area contributed by atoms with Gasteiger partial charge in [-0.25, -0.2) is 8.78 Å². The second-order valence-corrected chi connectivity index (χ2v) is 4.89. The van der Waals surface area contributed by atoms with Gasteiger partial charge in [0.2, 0.25) is 5.91 Å². The van der Waals surface area contributed by atoms with Gasteiger partial charge in [-0.3, -0.25) is 4.79 Å². The van der Waals surface area contributed by atoms with Crippen molar-refractivity contribution in [1.82, 2.24) is 5.32 Å². The number of amides is 1. The highest BCUT2D eigenvalue weighted by atomic mass is 32.1. The molecule has 1 rings (SSSR count). The van der Waals surface area contributed by atoms with E-state index in [-0.39, 0.29) is 17.0 Å². The molecular weight excluding hydrogens is 258 g/mol. The lowest BCUT2D eigenvalue weighted by atomic mass is 10.0. The van der Waals surface area contributed by atoms with Crippen LogP contribution in [0.4, 0.5) is 8.78 Å². The first-order valence-electron chi connectivity index (χ1n) is 5.27. The number of hydrogen-bond acceptors (Lipinski definition) is 2. The molecule has 0 bridgehead atoms. The van der Waals surface area contributed by atoms with Crippen LogP contribution in [-0.2, 0) is 11.2 Å². The molecule has 0 aliphatic rings. The Hall–Kier alpha value is -1.56. The Morgan fingerprint density at radius 1 is 1.44 bits per heavy atom. The minimum absolute atomic E-state index is 0.118. The van der Waals surface area contributed by atoms with Gasteiger partial charge in [-0.2, -0.15) is 0 Å². The summed E-state index contributed by atoms with van der Waals surface area (Å²) < 4.78 is 26.0. The predicted molar refractivity (Wildman–Crippen MR) is 69.1 cm³/mol. The second-order valence-electron chi connectivity index (χ2n) is 4.45. The summed E-state index contributed by atoms with van der Waals surface area (Å²) in [7, 11) is 0. The Labute approximate surface area is 109 Å². The van der Waals surface area contributed by atoms with Crippen molar-refractivity contribution in [2.45, 2.75) is 25.8 Å². The van der Waals surface area contributed by atoms with Gasteiger partial charge in [0.25, 0.3) is 0 Å². The molecule has 0 saturated heterocycles. The zero-order valence-electron chi connectivity index (χ0n) is 10.1. The Morgan fingerprint density at radius 3 is 2.56 bits per heavy atom. The van der Waals surface area contributed by atoms with E-state index in [2.05, 4.69) is 5.32 Å². The van der Waals surface area contributed by atoms with E-state index in [4.69, 9.17) is 18.0 Å². The molecule has 0 aromatic heterocycles. The van der Waals surface area contributed by atoms with Gasteiger partial charge in [0.15, 0.2) is 0 Å². The molecule has 1 amide bonds. The van der Waals surface area contributed by atoms with Gasteiger partial charge in [0.1, 0.15) is 11.6 Å². The van der Waals surface area contributed by atoms with Crippen LogP contribution < -0.4 is 11.1 Å². The molecule has 0 spiro atoms. The van der Waals surface area contributed by atoms with Crippen LogP contribution in [0.1, 0.15) is 19.4 Å². The highest BCUT2D eigenvalue weighted by Gasteiger charge is 2.23. The number of rotatable bonds is 4. The summed E-state index contributed by atoms with van der Waals surface area (Å²) in [5.41, 5.74) is 4.73. The molecule has 1 aromatic rings. The molecule has 6 heteroatoms. The fraction of sp³-hybridized carbons (Fsp3) is 0.333. The highest BCUT2D eigenvalue weighted by Crippen LogP contribution is 2.11. The van der Waals surface area contributed by atoms with E-state index in [0.29, 0.717) is 0 Å². The van der Waals surface area contributed by atoms with Crippen LogP contribution in [0.2, 0.25) is 0 Å². The van der Waals surface area contributed by atoms with Crippen molar-refractivity contribution in [2.24, 2.45) is 5.73 Å². The Balaban J connectivity index is 2.74. The lowest BCUT2D eigenvalue weighted by molar-refractivity contribution is -0.121. The van der Waals surface area contributed by atoms with Crippen molar-refractivity contribution >= 4 is 23.1 Å². The maximum atomic E-state index is 13.3. The lowest BCUT2D eigenvalue weighted by Gasteiger charge is -2.24. The minimum Gasteiger partial charge on any atom is -0.391 e. The van der Waals surface area contributed by atoms with Crippen LogP contribution in [-0.4, -0.2) is 16.4 Å². The standard InChI is InChI=1S/C12H14F2N2OS/c1-12(2,11(15)18)16-10(17)5-7-3-4-8(13)6-9(7)14/h3-4,6H,5H2,1-2H3,(H2,15,18)(H,16,17). The van der Waals surface area contributed by atoms with E-state index >= 15 is 0 Å². The summed E-state index contributed by atoms with van der Waals surface area (Å²) in [4.78, 5) is 11.8. The summed E-state index contributed by atoms with van der Waals surface area (Å²) in [5.74, 6) is -1.86. The van der Waals surface area contributed by atoms with Crippen molar-refractivity contribution in [3.63, 3.8) is 0 Å². The van der Waals surface area contributed by atoms with Crippen LogP contribution in [0.25, 0.3) is 0 Å². The van der Waals surface area contributed by atoms with Gasteiger partial charge < -0.3 is 11.1 Å². The van der Waals surface area contributed by atoms with E-state index in [1.807, 2.05) is 0 Å². The molecule has 3 nitrogen and oxygen atoms in total. The monoisotopic (exact) mass is 272 g/mol. The molecule has 98 valence electrons. The number of nitrogens with two attached hydrogens (primary N) is 1. The predicted octanol–water partition coefficient (Wildman–Crippen LogP) is 1.69. The van der Waals surface area contributed by atoms with Crippen LogP contribution in [0.3, 0.4) is 0 Å². The molecule has 0 aliphatic carbocycles. The molecule has 18 heavy (non-hydrogen) atoms. The van der Waals surface area contributed by atoms with Gasteiger partial charge in [-0.1, -0.05) is 18.3 Å². The number of thiocarbonyl (C=S) groups is 1. The van der Waals surface area contributed by atoms with E-state index in [1.165, 1.54) is 6.07 Å². The van der Waals surface area contributed by atoms with Crippen molar-refractivity contribution in [3.8, 4) is 0 Å². The summed E-state index contributed by atoms with van der Waals surface area (Å²) in [5, 5.41) is 2.58. The maximum absolute atomic E-state index is 13.3. The first kappa shape index (κ1) is 14.5. The van der Waals surface area contributed by atoms with Crippen LogP contribution >= 0.6 is 12.2 Å². The Kier molecular flexibility index (Phi) is 4.34. The number of carbonyl (C=O) groups excluding carboxylic acids is 1. The number of halogens is 2. The number of nitrogens with one attached hydrogen (secondary N) is 1. The molecule has 0 aliphatic heterocycles. The molecule has 0 unspecified atom stereocenters. The van der Waals surface area contributed by atoms with Crippen molar-refractivity contribution < 1.29 is 13.6 Å². The number of hydrogen-bond donors (Lipinski definition) is 2. The number of carbonyl (C=O) groups is 1. The van der Waals surface area contributed by atoms with Crippen molar-refractivity contribution in [2.75, 3.05) is 0 Å². The summed E-state index contributed by atoms with van der Waals surface area (Å²) in [6.07, 6.45) is -0.196. The van der Waals surface area contributed by atoms with Crippen molar-refractivity contribution in [3.05, 3.63) is 35.4 Å². The average molecular weight is 272 g/mol. The fourth-order valence-corrected chi connectivity index (χ4v) is 1.34. The van der Waals surface area contributed by atoms with Crippen molar-refractivity contribution in [1.29, 1.82) is 0 Å². The maximum Gasteiger partial charge on any atom is 0.225 e. The first-order valence-corrected chi connectivity index (χ1v) is 5.68. The first-order chi connectivity index (χ1) is 8.22. The molecule has 3 N–H and O–H groups in total. The van der Waals surface area contributed by atoms with Gasteiger partial charge in [-0.15, -0.1) is 0 Å². The average Bonchev–Trinajstić information content (AvgIpc) is 2.21. The minimum atomic E-state index is -0.844. The fourth-order valence-electron chi connectivity index (χ4n) is 1.29. The Bertz CT molecular complexity index is 489. The molecule has 1 aromatic carbocycles. The van der Waals surface area contributed by atoms with E-state index in [1.54, 1.807) is 13.8 Å². The van der Waals surface area contributed by atoms with Crippen LogP contribution in [0, 0.1) is 11.6 Å². The summed E-state index contributed by atoms with van der Waals surface area (Å²) >= 11 is 4.80. The van der Waals surface area contributed by atoms with E-state index in [9.17, 15) is 13.6 Å². The molecule has 0 atom stereocenters. The third kappa shape index (κ3) is 3.73. The summed E-state index contributed by atoms with van der Waals surface area (Å²) in [6, 6.07) is 3.07. The molecule has 0 heterocycles. The van der Waals surface area contributed by atoms with Gasteiger partial charge in [0, 0.05) is 6.07 Å².